The molecule has 2 aliphatic rings. The van der Waals surface area contributed by atoms with Gasteiger partial charge in [-0.3, -0.25) is 14.7 Å². The average molecular weight is 409 g/mol. The number of pyridine rings is 1. The molecule has 0 N–H and O–H groups in total. The minimum Gasteiger partial charge on any atom is -0.494 e. The SMILES string of the molecule is COc1cnc(N2C[C@H](C(C)C)N(CC(=O)Cc3cc(C4CC4)ccn3)C2=O)nc1. The van der Waals surface area contributed by atoms with Crippen LogP contribution in [0.4, 0.5) is 10.7 Å². The van der Waals surface area contributed by atoms with Gasteiger partial charge in [-0.25, -0.2) is 14.8 Å². The highest BCUT2D eigenvalue weighted by molar-refractivity contribution is 5.96. The largest absolute Gasteiger partial charge is 0.494 e. The number of anilines is 1. The van der Waals surface area contributed by atoms with E-state index in [1.807, 2.05) is 12.1 Å². The number of aromatic nitrogens is 3. The van der Waals surface area contributed by atoms with E-state index in [1.54, 1.807) is 11.1 Å². The Balaban J connectivity index is 1.46. The first-order valence-corrected chi connectivity index (χ1v) is 10.4. The number of ether oxygens (including phenoxy) is 1. The Hall–Kier alpha value is -3.03. The Morgan fingerprint density at radius 1 is 1.23 bits per heavy atom. The van der Waals surface area contributed by atoms with E-state index in [9.17, 15) is 9.59 Å². The molecule has 0 aromatic carbocycles. The Bertz CT molecular complexity index is 927. The molecule has 0 spiro atoms. The summed E-state index contributed by atoms with van der Waals surface area (Å²) in [6.07, 6.45) is 7.49. The highest BCUT2D eigenvalue weighted by Crippen LogP contribution is 2.39. The first kappa shape index (κ1) is 20.3. The molecule has 2 aromatic rings. The van der Waals surface area contributed by atoms with Crippen LogP contribution in [0.15, 0.2) is 30.7 Å². The third kappa shape index (κ3) is 4.27. The lowest BCUT2D eigenvalue weighted by Crippen LogP contribution is -2.41. The zero-order chi connectivity index (χ0) is 21.3. The number of carbonyl (C=O) groups is 2. The van der Waals surface area contributed by atoms with Gasteiger partial charge in [0.15, 0.2) is 11.5 Å². The molecule has 1 aliphatic heterocycles. The van der Waals surface area contributed by atoms with Crippen molar-refractivity contribution in [3.63, 3.8) is 0 Å². The van der Waals surface area contributed by atoms with Crippen molar-refractivity contribution < 1.29 is 14.3 Å². The Labute approximate surface area is 176 Å². The summed E-state index contributed by atoms with van der Waals surface area (Å²) in [6, 6.07) is 3.72. The first-order valence-electron chi connectivity index (χ1n) is 10.4. The third-order valence-corrected chi connectivity index (χ3v) is 5.72. The zero-order valence-electron chi connectivity index (χ0n) is 17.6. The quantitative estimate of drug-likeness (QED) is 0.666. The Kier molecular flexibility index (Phi) is 5.65. The van der Waals surface area contributed by atoms with Crippen molar-refractivity contribution in [1.29, 1.82) is 0 Å². The van der Waals surface area contributed by atoms with E-state index >= 15 is 0 Å². The van der Waals surface area contributed by atoms with Crippen molar-refractivity contribution in [1.82, 2.24) is 19.9 Å². The van der Waals surface area contributed by atoms with Crippen LogP contribution >= 0.6 is 0 Å². The molecule has 2 fully saturated rings. The summed E-state index contributed by atoms with van der Waals surface area (Å²) in [4.78, 5) is 41.9. The van der Waals surface area contributed by atoms with Gasteiger partial charge in [0.05, 0.1) is 45.1 Å². The van der Waals surface area contributed by atoms with Crippen LogP contribution in [0.25, 0.3) is 0 Å². The molecule has 2 amide bonds. The second kappa shape index (κ2) is 8.38. The van der Waals surface area contributed by atoms with Crippen LogP contribution in [-0.2, 0) is 11.2 Å². The monoisotopic (exact) mass is 409 g/mol. The van der Waals surface area contributed by atoms with Gasteiger partial charge in [-0.2, -0.15) is 0 Å². The van der Waals surface area contributed by atoms with Gasteiger partial charge in [0.2, 0.25) is 5.95 Å². The van der Waals surface area contributed by atoms with Gasteiger partial charge in [0, 0.05) is 11.9 Å². The van der Waals surface area contributed by atoms with Crippen LogP contribution in [0, 0.1) is 5.92 Å². The molecule has 4 rings (SSSR count). The number of rotatable bonds is 8. The number of urea groups is 1. The lowest BCUT2D eigenvalue weighted by molar-refractivity contribution is -0.119. The number of nitrogens with zero attached hydrogens (tertiary/aromatic N) is 5. The molecule has 8 nitrogen and oxygen atoms in total. The van der Waals surface area contributed by atoms with Gasteiger partial charge in [0.1, 0.15) is 0 Å². The van der Waals surface area contributed by atoms with Gasteiger partial charge in [0.25, 0.3) is 0 Å². The number of hydrogen-bond acceptors (Lipinski definition) is 6. The Morgan fingerprint density at radius 3 is 2.60 bits per heavy atom. The molecule has 1 aliphatic carbocycles. The molecule has 8 heteroatoms. The minimum atomic E-state index is -0.244. The highest BCUT2D eigenvalue weighted by atomic mass is 16.5. The summed E-state index contributed by atoms with van der Waals surface area (Å²) in [5.41, 5.74) is 2.03. The van der Waals surface area contributed by atoms with Crippen molar-refractivity contribution in [2.45, 2.75) is 45.1 Å². The van der Waals surface area contributed by atoms with E-state index in [1.165, 1.54) is 42.8 Å². The highest BCUT2D eigenvalue weighted by Gasteiger charge is 2.41. The molecular formula is C22H27N5O3. The summed E-state index contributed by atoms with van der Waals surface area (Å²) < 4.78 is 5.09. The standard InChI is InChI=1S/C22H27N5O3/c1-14(2)20-13-27(21-24-10-19(30-3)11-25-21)22(29)26(20)12-18(28)9-17-8-16(6-7-23-17)15-4-5-15/h6-8,10-11,14-15,20H,4-5,9,12-13H2,1-3H3/t20-/m1/s1. The van der Waals surface area contributed by atoms with E-state index in [-0.39, 0.29) is 36.7 Å². The van der Waals surface area contributed by atoms with Crippen LogP contribution in [0.1, 0.15) is 43.9 Å². The van der Waals surface area contributed by atoms with Crippen molar-refractivity contribution in [2.24, 2.45) is 5.92 Å². The van der Waals surface area contributed by atoms with Crippen molar-refractivity contribution in [3.8, 4) is 5.75 Å². The lowest BCUT2D eigenvalue weighted by Gasteiger charge is -2.25. The predicted octanol–water partition coefficient (Wildman–Crippen LogP) is 2.84. The molecule has 0 bridgehead atoms. The first-order chi connectivity index (χ1) is 14.5. The molecule has 1 saturated heterocycles. The predicted molar refractivity (Wildman–Crippen MR) is 112 cm³/mol. The number of Topliss-reactive ketones (excluding diaryl/α,β-unsaturated/α-hetero) is 1. The number of amides is 2. The molecule has 1 saturated carbocycles. The lowest BCUT2D eigenvalue weighted by atomic mass is 10.0. The molecule has 0 radical (unpaired) electrons. The van der Waals surface area contributed by atoms with Crippen molar-refractivity contribution in [2.75, 3.05) is 25.1 Å². The summed E-state index contributed by atoms with van der Waals surface area (Å²) >= 11 is 0. The smallest absolute Gasteiger partial charge is 0.327 e. The Morgan fingerprint density at radius 2 is 1.97 bits per heavy atom. The van der Waals surface area contributed by atoms with Crippen molar-refractivity contribution in [3.05, 3.63) is 42.0 Å². The summed E-state index contributed by atoms with van der Waals surface area (Å²) in [6.45, 7) is 4.61. The number of hydrogen-bond donors (Lipinski definition) is 0. The number of carbonyl (C=O) groups excluding carboxylic acids is 2. The van der Waals surface area contributed by atoms with Crippen LogP contribution in [0.5, 0.6) is 5.75 Å². The maximum absolute atomic E-state index is 13.1. The second-order valence-corrected chi connectivity index (χ2v) is 8.33. The van der Waals surface area contributed by atoms with Gasteiger partial charge in [-0.1, -0.05) is 13.8 Å². The summed E-state index contributed by atoms with van der Waals surface area (Å²) in [5.74, 6) is 1.64. The fourth-order valence-corrected chi connectivity index (χ4v) is 3.85. The normalized spacial score (nSPS) is 18.9. The molecule has 3 heterocycles. The number of ketones is 1. The fourth-order valence-electron chi connectivity index (χ4n) is 3.85. The van der Waals surface area contributed by atoms with E-state index in [2.05, 4.69) is 28.8 Å². The van der Waals surface area contributed by atoms with Gasteiger partial charge in [-0.05, 0) is 42.4 Å². The van der Waals surface area contributed by atoms with Crippen LogP contribution in [-0.4, -0.2) is 57.9 Å². The van der Waals surface area contributed by atoms with Crippen molar-refractivity contribution >= 4 is 17.8 Å². The minimum absolute atomic E-state index is 0.0213. The molecular weight excluding hydrogens is 382 g/mol. The molecule has 0 unspecified atom stereocenters. The number of methoxy groups -OCH3 is 1. The van der Waals surface area contributed by atoms with Crippen LogP contribution in [0.2, 0.25) is 0 Å². The summed E-state index contributed by atoms with van der Waals surface area (Å²) in [7, 11) is 1.54. The van der Waals surface area contributed by atoms with E-state index < -0.39 is 0 Å². The molecule has 1 atom stereocenters. The van der Waals surface area contributed by atoms with Gasteiger partial charge >= 0.3 is 6.03 Å². The second-order valence-electron chi connectivity index (χ2n) is 8.33. The topological polar surface area (TPSA) is 88.5 Å². The van der Waals surface area contributed by atoms with Crippen LogP contribution in [0.3, 0.4) is 0 Å². The molecule has 30 heavy (non-hydrogen) atoms. The maximum Gasteiger partial charge on any atom is 0.327 e. The third-order valence-electron chi connectivity index (χ3n) is 5.72. The van der Waals surface area contributed by atoms with Crippen LogP contribution < -0.4 is 9.64 Å². The summed E-state index contributed by atoms with van der Waals surface area (Å²) in [5, 5.41) is 0. The van der Waals surface area contributed by atoms with E-state index in [0.717, 1.165) is 5.69 Å². The van der Waals surface area contributed by atoms with E-state index in [0.29, 0.717) is 24.2 Å². The van der Waals surface area contributed by atoms with Gasteiger partial charge < -0.3 is 9.64 Å². The fraction of sp³-hybridized carbons (Fsp3) is 0.500. The maximum atomic E-state index is 13.1. The molecule has 158 valence electrons. The average Bonchev–Trinajstić information content (AvgIpc) is 3.54. The van der Waals surface area contributed by atoms with E-state index in [4.69, 9.17) is 4.74 Å². The van der Waals surface area contributed by atoms with Gasteiger partial charge in [-0.15, -0.1) is 0 Å². The zero-order valence-corrected chi connectivity index (χ0v) is 17.6. The molecule has 2 aromatic heterocycles.